The normalized spacial score (nSPS) is 17.6. The lowest BCUT2D eigenvalue weighted by atomic mass is 10.1. The molecular formula is C25H31FN4O3. The zero-order valence-corrected chi connectivity index (χ0v) is 19.4. The van der Waals surface area contributed by atoms with E-state index in [4.69, 9.17) is 14.6 Å². The van der Waals surface area contributed by atoms with Crippen LogP contribution < -0.4 is 10.1 Å². The van der Waals surface area contributed by atoms with Crippen LogP contribution in [0.2, 0.25) is 0 Å². The van der Waals surface area contributed by atoms with Crippen molar-refractivity contribution in [2.24, 2.45) is 0 Å². The molecule has 7 nitrogen and oxygen atoms in total. The standard InChI is InChI=1S/C25H31FN4O3/c1-4-5-6-8-16(2)30-22-14-20(26)23-13-19(22)24(29-30)21-10-7-9-18(28-21)15-32-25(31)27-12-11-17(3)33-23/h7,9-10,13-14,16-17H,4-6,8,11-12,15H2,1-3H3,(H,27,31). The maximum Gasteiger partial charge on any atom is 0.407 e. The predicted octanol–water partition coefficient (Wildman–Crippen LogP) is 5.78. The van der Waals surface area contributed by atoms with Gasteiger partial charge in [0.1, 0.15) is 12.3 Å². The SMILES string of the molecule is CCCCCC(C)n1nc2c3cc(c(F)cc31)OC(C)CCNC(=O)OCc1cccc-2n1. The van der Waals surface area contributed by atoms with Crippen molar-refractivity contribution in [3.63, 3.8) is 0 Å². The quantitative estimate of drug-likeness (QED) is 0.495. The van der Waals surface area contributed by atoms with Gasteiger partial charge in [-0.15, -0.1) is 0 Å². The fourth-order valence-electron chi connectivity index (χ4n) is 4.10. The van der Waals surface area contributed by atoms with Crippen molar-refractivity contribution in [3.8, 4) is 17.1 Å². The second-order valence-electron chi connectivity index (χ2n) is 8.67. The van der Waals surface area contributed by atoms with Crippen molar-refractivity contribution in [3.05, 3.63) is 41.8 Å². The molecule has 1 aromatic carbocycles. The summed E-state index contributed by atoms with van der Waals surface area (Å²) < 4.78 is 28.2. The molecule has 0 fully saturated rings. The summed E-state index contributed by atoms with van der Waals surface area (Å²) in [5, 5.41) is 8.35. The number of hydrogen-bond donors (Lipinski definition) is 1. The molecule has 4 bridgehead atoms. The van der Waals surface area contributed by atoms with E-state index in [0.29, 0.717) is 30.0 Å². The number of cyclic esters (lactones) is 1. The van der Waals surface area contributed by atoms with Gasteiger partial charge in [0.2, 0.25) is 0 Å². The third-order valence-corrected chi connectivity index (χ3v) is 5.95. The molecular weight excluding hydrogens is 423 g/mol. The van der Waals surface area contributed by atoms with Crippen LogP contribution >= 0.6 is 0 Å². The first-order valence-electron chi connectivity index (χ1n) is 11.7. The van der Waals surface area contributed by atoms with Gasteiger partial charge < -0.3 is 14.8 Å². The Balaban J connectivity index is 1.83. The van der Waals surface area contributed by atoms with Gasteiger partial charge in [-0.2, -0.15) is 5.10 Å². The van der Waals surface area contributed by atoms with E-state index >= 15 is 4.39 Å². The van der Waals surface area contributed by atoms with Crippen LogP contribution in [0, 0.1) is 5.82 Å². The number of nitrogens with zero attached hydrogens (tertiary/aromatic N) is 3. The molecule has 2 atom stereocenters. The van der Waals surface area contributed by atoms with Crippen LogP contribution in [0.3, 0.4) is 0 Å². The number of nitrogens with one attached hydrogen (secondary N) is 1. The second-order valence-corrected chi connectivity index (χ2v) is 8.67. The predicted molar refractivity (Wildman–Crippen MR) is 125 cm³/mol. The fourth-order valence-corrected chi connectivity index (χ4v) is 4.10. The van der Waals surface area contributed by atoms with Gasteiger partial charge in [-0.3, -0.25) is 4.68 Å². The number of benzene rings is 1. The van der Waals surface area contributed by atoms with E-state index in [1.165, 1.54) is 6.07 Å². The number of hydrogen-bond acceptors (Lipinski definition) is 5. The van der Waals surface area contributed by atoms with Crippen molar-refractivity contribution in [2.75, 3.05) is 6.54 Å². The third-order valence-electron chi connectivity index (χ3n) is 5.95. The summed E-state index contributed by atoms with van der Waals surface area (Å²) in [4.78, 5) is 16.7. The monoisotopic (exact) mass is 454 g/mol. The highest BCUT2D eigenvalue weighted by atomic mass is 19.1. The van der Waals surface area contributed by atoms with Gasteiger partial charge in [-0.05, 0) is 38.5 Å². The average molecular weight is 455 g/mol. The number of unbranched alkanes of at least 4 members (excludes halogenated alkanes) is 2. The number of amides is 1. The summed E-state index contributed by atoms with van der Waals surface area (Å²) >= 11 is 0. The van der Waals surface area contributed by atoms with Crippen LogP contribution in [0.4, 0.5) is 9.18 Å². The molecule has 3 heterocycles. The Labute approximate surface area is 193 Å². The molecule has 8 heteroatoms. The summed E-state index contributed by atoms with van der Waals surface area (Å²) in [6, 6.07) is 8.87. The molecule has 1 amide bonds. The zero-order valence-electron chi connectivity index (χ0n) is 19.4. The summed E-state index contributed by atoms with van der Waals surface area (Å²) in [6.07, 6.45) is 4.02. The van der Waals surface area contributed by atoms with Crippen molar-refractivity contribution < 1.29 is 18.7 Å². The van der Waals surface area contributed by atoms with Gasteiger partial charge in [-0.25, -0.2) is 14.2 Å². The number of fused-ring (bicyclic) bond motifs is 4. The molecule has 0 saturated carbocycles. The molecule has 0 aliphatic carbocycles. The molecule has 1 aliphatic rings. The molecule has 1 aliphatic heterocycles. The first-order chi connectivity index (χ1) is 16.0. The van der Waals surface area contributed by atoms with Gasteiger partial charge in [0.15, 0.2) is 11.6 Å². The molecule has 0 radical (unpaired) electrons. The van der Waals surface area contributed by atoms with E-state index in [-0.39, 0.29) is 24.5 Å². The number of pyridine rings is 1. The largest absolute Gasteiger partial charge is 0.488 e. The van der Waals surface area contributed by atoms with Crippen LogP contribution in [0.15, 0.2) is 30.3 Å². The molecule has 0 saturated heterocycles. The maximum absolute atomic E-state index is 15.1. The van der Waals surface area contributed by atoms with Crippen molar-refractivity contribution in [1.82, 2.24) is 20.1 Å². The summed E-state index contributed by atoms with van der Waals surface area (Å²) in [5.74, 6) is -0.260. The van der Waals surface area contributed by atoms with Crippen LogP contribution in [0.25, 0.3) is 22.3 Å². The number of alkyl carbamates (subject to hydrolysis) is 1. The molecule has 4 rings (SSSR count). The smallest absolute Gasteiger partial charge is 0.407 e. The van der Waals surface area contributed by atoms with E-state index in [2.05, 4.69) is 24.1 Å². The van der Waals surface area contributed by atoms with E-state index in [9.17, 15) is 4.79 Å². The lowest BCUT2D eigenvalue weighted by Gasteiger charge is -2.17. The Hall–Kier alpha value is -3.16. The highest BCUT2D eigenvalue weighted by molar-refractivity contribution is 5.93. The van der Waals surface area contributed by atoms with Crippen molar-refractivity contribution in [2.45, 2.75) is 71.6 Å². The number of halogens is 1. The van der Waals surface area contributed by atoms with Gasteiger partial charge >= 0.3 is 6.09 Å². The average Bonchev–Trinajstić information content (AvgIpc) is 3.16. The minimum atomic E-state index is -0.524. The minimum absolute atomic E-state index is 0.0532. The van der Waals surface area contributed by atoms with Gasteiger partial charge in [0.25, 0.3) is 0 Å². The van der Waals surface area contributed by atoms with E-state index in [0.717, 1.165) is 36.6 Å². The topological polar surface area (TPSA) is 78.3 Å². The Bertz CT molecular complexity index is 1130. The lowest BCUT2D eigenvalue weighted by molar-refractivity contribution is 0.135. The minimum Gasteiger partial charge on any atom is -0.488 e. The van der Waals surface area contributed by atoms with E-state index in [1.54, 1.807) is 12.1 Å². The Kier molecular flexibility index (Phi) is 7.11. The van der Waals surface area contributed by atoms with Gasteiger partial charge in [0, 0.05) is 30.5 Å². The number of aromatic nitrogens is 3. The Morgan fingerprint density at radius 3 is 2.97 bits per heavy atom. The van der Waals surface area contributed by atoms with Crippen molar-refractivity contribution in [1.29, 1.82) is 0 Å². The number of ether oxygens (including phenoxy) is 2. The first-order valence-corrected chi connectivity index (χ1v) is 11.7. The van der Waals surface area contributed by atoms with Crippen LogP contribution in [-0.2, 0) is 11.3 Å². The van der Waals surface area contributed by atoms with E-state index in [1.807, 2.05) is 23.7 Å². The highest BCUT2D eigenvalue weighted by Crippen LogP contribution is 2.35. The Morgan fingerprint density at radius 1 is 1.30 bits per heavy atom. The molecule has 1 N–H and O–H groups in total. The third kappa shape index (κ3) is 5.26. The fraction of sp³-hybridized carbons (Fsp3) is 0.480. The number of carbonyl (C=O) groups is 1. The molecule has 0 spiro atoms. The molecule has 3 aromatic rings. The number of carbonyl (C=O) groups excluding carboxylic acids is 1. The maximum atomic E-state index is 15.1. The molecule has 176 valence electrons. The van der Waals surface area contributed by atoms with Crippen molar-refractivity contribution >= 4 is 17.0 Å². The summed E-state index contributed by atoms with van der Waals surface area (Å²) in [5.41, 5.74) is 2.63. The zero-order chi connectivity index (χ0) is 23.4. The molecule has 2 aromatic heterocycles. The number of rotatable bonds is 5. The second kappa shape index (κ2) is 10.2. The van der Waals surface area contributed by atoms with Gasteiger partial charge in [-0.1, -0.05) is 32.3 Å². The first kappa shape index (κ1) is 23.0. The molecule has 2 unspecified atom stereocenters. The highest BCUT2D eigenvalue weighted by Gasteiger charge is 2.21. The summed E-state index contributed by atoms with van der Waals surface area (Å²) in [7, 11) is 0. The van der Waals surface area contributed by atoms with E-state index < -0.39 is 11.9 Å². The van der Waals surface area contributed by atoms with Crippen LogP contribution in [-0.4, -0.2) is 33.5 Å². The van der Waals surface area contributed by atoms with Crippen LogP contribution in [0.5, 0.6) is 5.75 Å². The van der Waals surface area contributed by atoms with Crippen LogP contribution in [0.1, 0.15) is 64.6 Å². The van der Waals surface area contributed by atoms with Gasteiger partial charge in [0.05, 0.1) is 23.0 Å². The lowest BCUT2D eigenvalue weighted by Crippen LogP contribution is -2.28. The Morgan fingerprint density at radius 2 is 2.15 bits per heavy atom. The summed E-state index contributed by atoms with van der Waals surface area (Å²) in [6.45, 7) is 6.54. The molecule has 33 heavy (non-hydrogen) atoms.